The van der Waals surface area contributed by atoms with Crippen molar-refractivity contribution >= 4 is 22.9 Å². The molecule has 0 spiro atoms. The van der Waals surface area contributed by atoms with Crippen molar-refractivity contribution in [2.24, 2.45) is 0 Å². The summed E-state index contributed by atoms with van der Waals surface area (Å²) in [5.41, 5.74) is 2.70. The molecule has 5 rings (SSSR count). The third kappa shape index (κ3) is 6.25. The maximum atomic E-state index is 12.5. The molecule has 1 amide bonds. The topological polar surface area (TPSA) is 95.8 Å². The predicted octanol–water partition coefficient (Wildman–Crippen LogP) is 3.42. The molecule has 0 saturated carbocycles. The van der Waals surface area contributed by atoms with Gasteiger partial charge in [-0.1, -0.05) is 30.8 Å². The molecule has 224 valence electrons. The van der Waals surface area contributed by atoms with E-state index in [4.69, 9.17) is 9.72 Å². The number of carbonyl (C=O) groups is 1. The number of fused-ring (bicyclic) bond motifs is 1. The number of pyridine rings is 1. The maximum absolute atomic E-state index is 12.5. The first-order valence-corrected chi connectivity index (χ1v) is 14.9. The van der Waals surface area contributed by atoms with Crippen LogP contribution in [0.15, 0.2) is 60.0 Å². The first-order chi connectivity index (χ1) is 20.2. The standard InChI is InChI=1S/C32H43N7O3/c1-6-28(40)37-13-15-38(16-14-37)32(5,22-36-17-19-42-20-18-36)27-10-7-25(8-11-27)24(4)34-31-33-21-26-9-12-29(41)39(23(2)3)30(26)35-31/h6-12,21,23-24H,1,13-20,22H2,2-5H3,(H,33,34,35)/t24-,32+/m0/s1. The van der Waals surface area contributed by atoms with Crippen LogP contribution >= 0.6 is 0 Å². The average molecular weight is 574 g/mol. The molecule has 0 aliphatic carbocycles. The molecule has 2 aliphatic heterocycles. The quantitative estimate of drug-likeness (QED) is 0.389. The van der Waals surface area contributed by atoms with Crippen LogP contribution in [0.25, 0.3) is 11.0 Å². The summed E-state index contributed by atoms with van der Waals surface area (Å²) in [5, 5.41) is 4.26. The average Bonchev–Trinajstić information content (AvgIpc) is 3.01. The molecular weight excluding hydrogens is 530 g/mol. The van der Waals surface area contributed by atoms with Crippen LogP contribution < -0.4 is 10.9 Å². The maximum Gasteiger partial charge on any atom is 0.252 e. The summed E-state index contributed by atoms with van der Waals surface area (Å²) in [6, 6.07) is 12.1. The smallest absolute Gasteiger partial charge is 0.252 e. The molecule has 2 aromatic heterocycles. The number of carbonyl (C=O) groups excluding carboxylic acids is 1. The van der Waals surface area contributed by atoms with Gasteiger partial charge in [0.05, 0.1) is 24.8 Å². The molecule has 0 bridgehead atoms. The molecule has 4 heterocycles. The Hall–Kier alpha value is -3.60. The lowest BCUT2D eigenvalue weighted by molar-refractivity contribution is -0.129. The lowest BCUT2D eigenvalue weighted by Gasteiger charge is -2.48. The first kappa shape index (κ1) is 29.9. The van der Waals surface area contributed by atoms with E-state index in [2.05, 4.69) is 64.8 Å². The summed E-state index contributed by atoms with van der Waals surface area (Å²) in [6.07, 6.45) is 3.17. The summed E-state index contributed by atoms with van der Waals surface area (Å²) in [7, 11) is 0. The van der Waals surface area contributed by atoms with Crippen LogP contribution in [-0.2, 0) is 15.1 Å². The molecule has 2 fully saturated rings. The molecule has 2 saturated heterocycles. The van der Waals surface area contributed by atoms with Gasteiger partial charge >= 0.3 is 0 Å². The van der Waals surface area contributed by atoms with Gasteiger partial charge in [-0.2, -0.15) is 4.98 Å². The highest BCUT2D eigenvalue weighted by atomic mass is 16.5. The fourth-order valence-corrected chi connectivity index (χ4v) is 6.13. The zero-order chi connectivity index (χ0) is 29.9. The van der Waals surface area contributed by atoms with E-state index in [1.807, 2.05) is 18.7 Å². The number of hydrogen-bond donors (Lipinski definition) is 1. The molecule has 0 radical (unpaired) electrons. The van der Waals surface area contributed by atoms with Crippen molar-refractivity contribution in [2.45, 2.75) is 45.3 Å². The van der Waals surface area contributed by atoms with Crippen molar-refractivity contribution in [3.8, 4) is 0 Å². The Morgan fingerprint density at radius 3 is 2.38 bits per heavy atom. The number of nitrogens with zero attached hydrogens (tertiary/aromatic N) is 6. The van der Waals surface area contributed by atoms with Gasteiger partial charge in [-0.05, 0) is 51.0 Å². The number of morpholine rings is 1. The van der Waals surface area contributed by atoms with Crippen molar-refractivity contribution in [3.05, 3.63) is 76.7 Å². The van der Waals surface area contributed by atoms with Crippen LogP contribution in [0.4, 0.5) is 5.95 Å². The zero-order valence-corrected chi connectivity index (χ0v) is 25.3. The van der Waals surface area contributed by atoms with E-state index in [0.29, 0.717) is 24.7 Å². The number of nitrogens with one attached hydrogen (secondary N) is 1. The van der Waals surface area contributed by atoms with Crippen molar-refractivity contribution in [3.63, 3.8) is 0 Å². The van der Waals surface area contributed by atoms with Crippen molar-refractivity contribution in [1.82, 2.24) is 29.2 Å². The third-order valence-electron chi connectivity index (χ3n) is 8.66. The molecule has 0 unspecified atom stereocenters. The second-order valence-electron chi connectivity index (χ2n) is 11.8. The molecule has 2 atom stereocenters. The highest BCUT2D eigenvalue weighted by Gasteiger charge is 2.38. The van der Waals surface area contributed by atoms with Crippen molar-refractivity contribution in [2.75, 3.05) is 64.3 Å². The van der Waals surface area contributed by atoms with Crippen LogP contribution in [0.5, 0.6) is 0 Å². The highest BCUT2D eigenvalue weighted by Crippen LogP contribution is 2.32. The minimum Gasteiger partial charge on any atom is -0.379 e. The Morgan fingerprint density at radius 1 is 1.05 bits per heavy atom. The summed E-state index contributed by atoms with van der Waals surface area (Å²) in [5.74, 6) is 0.487. The Bertz CT molecular complexity index is 1460. The lowest BCUT2D eigenvalue weighted by Crippen LogP contribution is -2.59. The number of piperazine rings is 1. The van der Waals surface area contributed by atoms with E-state index in [0.717, 1.165) is 56.9 Å². The second kappa shape index (κ2) is 12.7. The van der Waals surface area contributed by atoms with Gasteiger partial charge in [0.1, 0.15) is 5.65 Å². The largest absolute Gasteiger partial charge is 0.379 e. The summed E-state index contributed by atoms with van der Waals surface area (Å²) in [4.78, 5) is 40.8. The van der Waals surface area contributed by atoms with Gasteiger partial charge in [0.15, 0.2) is 0 Å². The Balaban J connectivity index is 1.36. The highest BCUT2D eigenvalue weighted by molar-refractivity contribution is 5.87. The molecule has 1 N–H and O–H groups in total. The predicted molar refractivity (Wildman–Crippen MR) is 166 cm³/mol. The Labute approximate surface area is 248 Å². The lowest BCUT2D eigenvalue weighted by atomic mass is 9.87. The molecular formula is C32H43N7O3. The van der Waals surface area contributed by atoms with E-state index in [1.165, 1.54) is 11.6 Å². The Morgan fingerprint density at radius 2 is 1.74 bits per heavy atom. The summed E-state index contributed by atoms with van der Waals surface area (Å²) in [6.45, 7) is 19.3. The molecule has 10 heteroatoms. The van der Waals surface area contributed by atoms with E-state index in [-0.39, 0.29) is 29.1 Å². The SMILES string of the molecule is C=CC(=O)N1CCN([C@](C)(CN2CCOCC2)c2ccc([C@H](C)Nc3ncc4ccc(=O)n(C(C)C)c4n3)cc2)CC1. The van der Waals surface area contributed by atoms with Crippen LogP contribution in [0.1, 0.15) is 50.9 Å². The van der Waals surface area contributed by atoms with E-state index < -0.39 is 0 Å². The number of hydrogen-bond acceptors (Lipinski definition) is 8. The van der Waals surface area contributed by atoms with E-state index in [9.17, 15) is 9.59 Å². The number of anilines is 1. The van der Waals surface area contributed by atoms with Crippen LogP contribution in [-0.4, -0.2) is 94.2 Å². The number of benzene rings is 1. The molecule has 3 aromatic rings. The van der Waals surface area contributed by atoms with Crippen LogP contribution in [0.3, 0.4) is 0 Å². The first-order valence-electron chi connectivity index (χ1n) is 14.9. The summed E-state index contributed by atoms with van der Waals surface area (Å²) >= 11 is 0. The normalized spacial score (nSPS) is 19.0. The molecule has 10 nitrogen and oxygen atoms in total. The molecule has 2 aliphatic rings. The monoisotopic (exact) mass is 573 g/mol. The van der Waals surface area contributed by atoms with Crippen molar-refractivity contribution in [1.29, 1.82) is 0 Å². The number of aromatic nitrogens is 3. The van der Waals surface area contributed by atoms with Gasteiger partial charge in [-0.3, -0.25) is 24.0 Å². The number of rotatable bonds is 9. The fourth-order valence-electron chi connectivity index (χ4n) is 6.13. The number of amides is 1. The van der Waals surface area contributed by atoms with Crippen molar-refractivity contribution < 1.29 is 9.53 Å². The summed E-state index contributed by atoms with van der Waals surface area (Å²) < 4.78 is 7.31. The van der Waals surface area contributed by atoms with E-state index in [1.54, 1.807) is 22.9 Å². The zero-order valence-electron chi connectivity index (χ0n) is 25.3. The third-order valence-corrected chi connectivity index (χ3v) is 8.66. The van der Waals surface area contributed by atoms with Gasteiger partial charge in [0.2, 0.25) is 11.9 Å². The van der Waals surface area contributed by atoms with E-state index >= 15 is 0 Å². The van der Waals surface area contributed by atoms with Gasteiger partial charge in [-0.15, -0.1) is 0 Å². The molecule has 42 heavy (non-hydrogen) atoms. The van der Waals surface area contributed by atoms with Gasteiger partial charge in [0, 0.05) is 69.5 Å². The minimum atomic E-state index is -0.224. The minimum absolute atomic E-state index is 0.00161. The van der Waals surface area contributed by atoms with Gasteiger partial charge in [-0.25, -0.2) is 4.98 Å². The van der Waals surface area contributed by atoms with Gasteiger partial charge in [0.25, 0.3) is 5.56 Å². The van der Waals surface area contributed by atoms with Crippen LogP contribution in [0.2, 0.25) is 0 Å². The van der Waals surface area contributed by atoms with Gasteiger partial charge < -0.3 is 15.0 Å². The Kier molecular flexibility index (Phi) is 9.05. The van der Waals surface area contributed by atoms with Crippen LogP contribution in [0, 0.1) is 0 Å². The fraction of sp³-hybridized carbons (Fsp3) is 0.500. The second-order valence-corrected chi connectivity index (χ2v) is 11.8. The number of ether oxygens (including phenoxy) is 1. The molecule has 1 aromatic carbocycles.